The molecule has 0 N–H and O–H groups in total. The highest BCUT2D eigenvalue weighted by Gasteiger charge is 2.30. The number of sulfone groups is 1. The van der Waals surface area contributed by atoms with Crippen LogP contribution < -0.4 is 0 Å². The fourth-order valence-corrected chi connectivity index (χ4v) is 3.43. The zero-order valence-electron chi connectivity index (χ0n) is 9.14. The van der Waals surface area contributed by atoms with E-state index >= 15 is 0 Å². The first kappa shape index (κ1) is 12.9. The highest BCUT2D eigenvalue weighted by atomic mass is 32.2. The summed E-state index contributed by atoms with van der Waals surface area (Å²) in [6.07, 6.45) is 0.475. The largest absolute Gasteiger partial charge is 0.381 e. The van der Waals surface area contributed by atoms with Crippen LogP contribution in [-0.2, 0) is 24.0 Å². The summed E-state index contributed by atoms with van der Waals surface area (Å²) in [5.74, 6) is -0.0787. The maximum atomic E-state index is 11.9. The Labute approximate surface area is 90.6 Å². The predicted octanol–water partition coefficient (Wildman–Crippen LogP) is 0.199. The third-order valence-corrected chi connectivity index (χ3v) is 4.79. The minimum Gasteiger partial charge on any atom is -0.381 e. The smallest absolute Gasteiger partial charge is 0.170 e. The molecule has 0 aromatic carbocycles. The van der Waals surface area contributed by atoms with E-state index in [-0.39, 0.29) is 11.0 Å². The van der Waals surface area contributed by atoms with Crippen molar-refractivity contribution in [1.82, 2.24) is 0 Å². The van der Waals surface area contributed by atoms with Crippen LogP contribution in [0.25, 0.3) is 0 Å². The lowest BCUT2D eigenvalue weighted by Gasteiger charge is -2.23. The molecule has 90 valence electrons. The average Bonchev–Trinajstić information content (AvgIpc) is 2.27. The number of rotatable bonds is 5. The Bertz CT molecular complexity index is 264. The van der Waals surface area contributed by atoms with Crippen LogP contribution in [0.1, 0.15) is 12.8 Å². The lowest BCUT2D eigenvalue weighted by atomic mass is 10.2. The minimum atomic E-state index is -3.14. The van der Waals surface area contributed by atoms with Gasteiger partial charge in [-0.2, -0.15) is 0 Å². The molecule has 1 aliphatic heterocycles. The molecule has 0 spiro atoms. The molecule has 0 amide bonds. The maximum Gasteiger partial charge on any atom is 0.170 e. The topological polar surface area (TPSA) is 61.8 Å². The molecule has 1 saturated heterocycles. The third kappa shape index (κ3) is 3.71. The van der Waals surface area contributed by atoms with Crippen molar-refractivity contribution in [3.63, 3.8) is 0 Å². The summed E-state index contributed by atoms with van der Waals surface area (Å²) in [5.41, 5.74) is 0. The fourth-order valence-electron chi connectivity index (χ4n) is 1.59. The molecule has 5 nitrogen and oxygen atoms in total. The van der Waals surface area contributed by atoms with Gasteiger partial charge >= 0.3 is 0 Å². The van der Waals surface area contributed by atoms with Crippen LogP contribution in [0.15, 0.2) is 0 Å². The molecule has 6 heteroatoms. The van der Waals surface area contributed by atoms with Crippen molar-refractivity contribution < 1.29 is 22.6 Å². The summed E-state index contributed by atoms with van der Waals surface area (Å²) >= 11 is 0. The second kappa shape index (κ2) is 5.79. The zero-order valence-corrected chi connectivity index (χ0v) is 9.96. The Morgan fingerprint density at radius 1 is 1.27 bits per heavy atom. The van der Waals surface area contributed by atoms with Crippen LogP contribution >= 0.6 is 0 Å². The highest BCUT2D eigenvalue weighted by Crippen LogP contribution is 2.17. The van der Waals surface area contributed by atoms with E-state index in [9.17, 15) is 8.42 Å². The van der Waals surface area contributed by atoms with Gasteiger partial charge in [0, 0.05) is 27.4 Å². The molecular weight excluding hydrogens is 220 g/mol. The second-order valence-corrected chi connectivity index (χ2v) is 5.87. The van der Waals surface area contributed by atoms with Crippen molar-refractivity contribution >= 4 is 9.84 Å². The molecule has 0 aromatic rings. The Balaban J connectivity index is 2.56. The van der Waals surface area contributed by atoms with E-state index in [1.807, 2.05) is 0 Å². The van der Waals surface area contributed by atoms with Crippen LogP contribution in [0.3, 0.4) is 0 Å². The van der Waals surface area contributed by atoms with E-state index in [2.05, 4.69) is 0 Å². The van der Waals surface area contributed by atoms with Gasteiger partial charge in [0.05, 0.1) is 5.25 Å². The summed E-state index contributed by atoms with van der Waals surface area (Å²) in [5, 5.41) is -0.306. The van der Waals surface area contributed by atoms with Gasteiger partial charge in [-0.15, -0.1) is 0 Å². The molecule has 0 unspecified atom stereocenters. The Morgan fingerprint density at radius 2 is 1.80 bits per heavy atom. The number of hydrogen-bond acceptors (Lipinski definition) is 5. The monoisotopic (exact) mass is 238 g/mol. The summed E-state index contributed by atoms with van der Waals surface area (Å²) in [6.45, 7) is 1.04. The van der Waals surface area contributed by atoms with Gasteiger partial charge in [-0.1, -0.05) is 0 Å². The van der Waals surface area contributed by atoms with E-state index in [1.165, 1.54) is 14.2 Å². The fraction of sp³-hybridized carbons (Fsp3) is 1.00. The summed E-state index contributed by atoms with van der Waals surface area (Å²) < 4.78 is 38.7. The molecule has 15 heavy (non-hydrogen) atoms. The molecule has 1 aliphatic rings. The van der Waals surface area contributed by atoms with Crippen LogP contribution in [0.4, 0.5) is 0 Å². The minimum absolute atomic E-state index is 0.0787. The van der Waals surface area contributed by atoms with E-state index in [0.717, 1.165) is 0 Å². The average molecular weight is 238 g/mol. The van der Waals surface area contributed by atoms with Crippen molar-refractivity contribution in [2.24, 2.45) is 0 Å². The van der Waals surface area contributed by atoms with Gasteiger partial charge in [0.1, 0.15) is 5.75 Å². The van der Waals surface area contributed by atoms with Crippen molar-refractivity contribution in [1.29, 1.82) is 0 Å². The lowest BCUT2D eigenvalue weighted by Crippen LogP contribution is -2.35. The first-order valence-corrected chi connectivity index (χ1v) is 6.66. The van der Waals surface area contributed by atoms with Crippen LogP contribution in [0.2, 0.25) is 0 Å². The van der Waals surface area contributed by atoms with Crippen molar-refractivity contribution in [3.8, 4) is 0 Å². The molecular formula is C9H18O5S. The maximum absolute atomic E-state index is 11.9. The van der Waals surface area contributed by atoms with Crippen molar-refractivity contribution in [2.75, 3.05) is 33.2 Å². The third-order valence-electron chi connectivity index (χ3n) is 2.57. The number of hydrogen-bond donors (Lipinski definition) is 0. The van der Waals surface area contributed by atoms with Gasteiger partial charge in [-0.25, -0.2) is 8.42 Å². The first-order valence-electron chi connectivity index (χ1n) is 4.95. The molecule has 0 saturated carbocycles. The second-order valence-electron chi connectivity index (χ2n) is 3.54. The van der Waals surface area contributed by atoms with Gasteiger partial charge in [-0.3, -0.25) is 0 Å². The predicted molar refractivity (Wildman–Crippen MR) is 55.4 cm³/mol. The molecule has 1 heterocycles. The number of methoxy groups -OCH3 is 2. The van der Waals surface area contributed by atoms with E-state index in [1.54, 1.807) is 0 Å². The van der Waals surface area contributed by atoms with Crippen LogP contribution in [0.5, 0.6) is 0 Å². The molecule has 0 atom stereocenters. The van der Waals surface area contributed by atoms with Crippen molar-refractivity contribution in [3.05, 3.63) is 0 Å². The quantitative estimate of drug-likeness (QED) is 0.640. The van der Waals surface area contributed by atoms with Gasteiger partial charge in [0.15, 0.2) is 16.1 Å². The Hall–Kier alpha value is -0.170. The van der Waals surface area contributed by atoms with Gasteiger partial charge in [0.25, 0.3) is 0 Å². The van der Waals surface area contributed by atoms with Gasteiger partial charge in [0.2, 0.25) is 0 Å². The molecule has 1 rings (SSSR count). The number of ether oxygens (including phenoxy) is 3. The molecule has 0 aliphatic carbocycles. The summed E-state index contributed by atoms with van der Waals surface area (Å²) in [7, 11) is -0.260. The Kier molecular flexibility index (Phi) is 4.98. The van der Waals surface area contributed by atoms with Crippen LogP contribution in [0, 0.1) is 0 Å². The highest BCUT2D eigenvalue weighted by molar-refractivity contribution is 7.92. The van der Waals surface area contributed by atoms with Crippen molar-refractivity contribution in [2.45, 2.75) is 24.4 Å². The summed E-state index contributed by atoms with van der Waals surface area (Å²) in [4.78, 5) is 0. The molecule has 0 aromatic heterocycles. The SMILES string of the molecule is COC(CS(=O)(=O)C1CCOCC1)OC. The Morgan fingerprint density at radius 3 is 2.27 bits per heavy atom. The van der Waals surface area contributed by atoms with Gasteiger partial charge < -0.3 is 14.2 Å². The summed E-state index contributed by atoms with van der Waals surface area (Å²) in [6, 6.07) is 0. The van der Waals surface area contributed by atoms with Gasteiger partial charge in [-0.05, 0) is 12.8 Å². The normalized spacial score (nSPS) is 19.7. The molecule has 1 fully saturated rings. The first-order chi connectivity index (χ1) is 7.10. The molecule has 0 radical (unpaired) electrons. The standard InChI is InChI=1S/C9H18O5S/c1-12-9(13-2)7-15(10,11)8-3-5-14-6-4-8/h8-9H,3-7H2,1-2H3. The van der Waals surface area contributed by atoms with E-state index in [4.69, 9.17) is 14.2 Å². The molecule has 0 bridgehead atoms. The zero-order chi connectivity index (χ0) is 11.3. The van der Waals surface area contributed by atoms with E-state index in [0.29, 0.717) is 26.1 Å². The lowest BCUT2D eigenvalue weighted by molar-refractivity contribution is -0.0853. The van der Waals surface area contributed by atoms with Crippen LogP contribution in [-0.4, -0.2) is 53.1 Å². The van der Waals surface area contributed by atoms with E-state index < -0.39 is 16.1 Å².